The Morgan fingerprint density at radius 3 is 2.94 bits per heavy atom. The fraction of sp³-hybridized carbons (Fsp3) is 0.636. The first-order chi connectivity index (χ1) is 8.19. The van der Waals surface area contributed by atoms with Crippen molar-refractivity contribution in [3.05, 3.63) is 15.6 Å². The van der Waals surface area contributed by atoms with Gasteiger partial charge < -0.3 is 15.2 Å². The van der Waals surface area contributed by atoms with Crippen molar-refractivity contribution in [1.82, 2.24) is 10.3 Å². The molecular formula is C11H18N2O3S. The molecule has 0 unspecified atom stereocenters. The molecule has 5 nitrogen and oxygen atoms in total. The fourth-order valence-electron chi connectivity index (χ4n) is 1.42. The molecular weight excluding hydrogens is 240 g/mol. The number of thiazole rings is 1. The summed E-state index contributed by atoms with van der Waals surface area (Å²) in [7, 11) is 1.65. The average Bonchev–Trinajstić information content (AvgIpc) is 2.68. The van der Waals surface area contributed by atoms with Gasteiger partial charge in [0.1, 0.15) is 9.88 Å². The van der Waals surface area contributed by atoms with E-state index in [-0.39, 0.29) is 0 Å². The van der Waals surface area contributed by atoms with Gasteiger partial charge in [0, 0.05) is 20.2 Å². The normalized spacial score (nSPS) is 10.7. The summed E-state index contributed by atoms with van der Waals surface area (Å²) in [4.78, 5) is 15.7. The number of ether oxygens (including phenoxy) is 1. The fourth-order valence-corrected chi connectivity index (χ4v) is 2.34. The molecule has 17 heavy (non-hydrogen) atoms. The highest BCUT2D eigenvalue weighted by molar-refractivity contribution is 7.13. The van der Waals surface area contributed by atoms with E-state index in [2.05, 4.69) is 10.3 Å². The van der Waals surface area contributed by atoms with Gasteiger partial charge >= 0.3 is 5.97 Å². The Morgan fingerprint density at radius 1 is 1.59 bits per heavy atom. The summed E-state index contributed by atoms with van der Waals surface area (Å²) < 4.78 is 4.91. The zero-order valence-electron chi connectivity index (χ0n) is 10.2. The molecule has 0 aliphatic heterocycles. The smallest absolute Gasteiger partial charge is 0.347 e. The molecule has 2 N–H and O–H groups in total. The third-order valence-electron chi connectivity index (χ3n) is 2.18. The molecule has 0 amide bonds. The van der Waals surface area contributed by atoms with Crippen LogP contribution < -0.4 is 5.32 Å². The van der Waals surface area contributed by atoms with Crippen LogP contribution >= 0.6 is 11.3 Å². The molecule has 0 radical (unpaired) electrons. The van der Waals surface area contributed by atoms with Crippen molar-refractivity contribution in [3.8, 4) is 0 Å². The lowest BCUT2D eigenvalue weighted by molar-refractivity contribution is 0.0700. The summed E-state index contributed by atoms with van der Waals surface area (Å²) >= 11 is 1.25. The van der Waals surface area contributed by atoms with Crippen molar-refractivity contribution in [1.29, 1.82) is 0 Å². The van der Waals surface area contributed by atoms with E-state index in [0.717, 1.165) is 24.4 Å². The molecule has 96 valence electrons. The highest BCUT2D eigenvalue weighted by atomic mass is 32.1. The van der Waals surface area contributed by atoms with Crippen molar-refractivity contribution < 1.29 is 14.6 Å². The summed E-state index contributed by atoms with van der Waals surface area (Å²) in [5.74, 6) is -0.880. The lowest BCUT2D eigenvalue weighted by Crippen LogP contribution is -2.18. The summed E-state index contributed by atoms with van der Waals surface area (Å²) in [6, 6.07) is 0. The van der Waals surface area contributed by atoms with Gasteiger partial charge in [0.2, 0.25) is 0 Å². The van der Waals surface area contributed by atoms with Crippen molar-refractivity contribution in [2.75, 3.05) is 20.3 Å². The van der Waals surface area contributed by atoms with E-state index in [1.165, 1.54) is 11.3 Å². The van der Waals surface area contributed by atoms with Crippen LogP contribution in [-0.2, 0) is 17.7 Å². The molecule has 6 heteroatoms. The molecule has 0 fully saturated rings. The van der Waals surface area contributed by atoms with Crippen LogP contribution in [-0.4, -0.2) is 36.3 Å². The Hall–Kier alpha value is -0.980. The Kier molecular flexibility index (Phi) is 6.10. The number of nitrogens with zero attached hydrogens (tertiary/aromatic N) is 1. The summed E-state index contributed by atoms with van der Waals surface area (Å²) in [6.07, 6.45) is 1.62. The first-order valence-corrected chi connectivity index (χ1v) is 6.42. The van der Waals surface area contributed by atoms with E-state index in [1.807, 2.05) is 6.92 Å². The Labute approximate surface area is 105 Å². The highest BCUT2D eigenvalue weighted by Crippen LogP contribution is 2.20. The van der Waals surface area contributed by atoms with Gasteiger partial charge in [-0.3, -0.25) is 0 Å². The van der Waals surface area contributed by atoms with Gasteiger partial charge in [0.05, 0.1) is 12.3 Å². The summed E-state index contributed by atoms with van der Waals surface area (Å²) in [5.41, 5.74) is 0.702. The van der Waals surface area contributed by atoms with Gasteiger partial charge in [-0.2, -0.15) is 0 Å². The van der Waals surface area contributed by atoms with Crippen LogP contribution in [0.25, 0.3) is 0 Å². The maximum absolute atomic E-state index is 11.0. The highest BCUT2D eigenvalue weighted by Gasteiger charge is 2.16. The first-order valence-electron chi connectivity index (χ1n) is 5.60. The third-order valence-corrected chi connectivity index (χ3v) is 3.27. The minimum atomic E-state index is -0.880. The minimum Gasteiger partial charge on any atom is -0.477 e. The molecule has 0 aliphatic rings. The molecule has 0 atom stereocenters. The Morgan fingerprint density at radius 2 is 2.35 bits per heavy atom. The van der Waals surface area contributed by atoms with E-state index in [1.54, 1.807) is 7.11 Å². The first kappa shape index (κ1) is 14.1. The van der Waals surface area contributed by atoms with E-state index in [0.29, 0.717) is 23.7 Å². The standard InChI is InChI=1S/C11H18N2O3S/c1-3-4-8-10(11(14)15)17-9(13-8)7-12-5-6-16-2/h12H,3-7H2,1-2H3,(H,14,15). The number of hydrogen-bond donors (Lipinski definition) is 2. The zero-order chi connectivity index (χ0) is 12.7. The number of carboxylic acids is 1. The summed E-state index contributed by atoms with van der Waals surface area (Å²) in [6.45, 7) is 3.99. The number of rotatable bonds is 8. The predicted molar refractivity (Wildman–Crippen MR) is 66.7 cm³/mol. The average molecular weight is 258 g/mol. The molecule has 0 saturated carbocycles. The van der Waals surface area contributed by atoms with Gasteiger partial charge in [-0.05, 0) is 6.42 Å². The second-order valence-electron chi connectivity index (χ2n) is 3.61. The number of nitrogens with one attached hydrogen (secondary N) is 1. The van der Waals surface area contributed by atoms with Crippen LogP contribution in [0.1, 0.15) is 33.7 Å². The van der Waals surface area contributed by atoms with Gasteiger partial charge in [0.15, 0.2) is 0 Å². The Balaban J connectivity index is 2.61. The van der Waals surface area contributed by atoms with Gasteiger partial charge in [-0.1, -0.05) is 13.3 Å². The number of hydrogen-bond acceptors (Lipinski definition) is 5. The van der Waals surface area contributed by atoms with Crippen LogP contribution in [0.15, 0.2) is 0 Å². The largest absolute Gasteiger partial charge is 0.477 e. The van der Waals surface area contributed by atoms with Gasteiger partial charge in [-0.25, -0.2) is 9.78 Å². The van der Waals surface area contributed by atoms with Gasteiger partial charge in [0.25, 0.3) is 0 Å². The van der Waals surface area contributed by atoms with Crippen LogP contribution in [0, 0.1) is 0 Å². The molecule has 0 saturated heterocycles. The molecule has 1 rings (SSSR count). The van der Waals surface area contributed by atoms with Crippen LogP contribution in [0.3, 0.4) is 0 Å². The van der Waals surface area contributed by atoms with Crippen molar-refractivity contribution in [3.63, 3.8) is 0 Å². The van der Waals surface area contributed by atoms with Crippen LogP contribution in [0.4, 0.5) is 0 Å². The lowest BCUT2D eigenvalue weighted by Gasteiger charge is -2.00. The molecule has 0 aromatic carbocycles. The van der Waals surface area contributed by atoms with E-state index in [9.17, 15) is 4.79 Å². The number of aromatic carboxylic acids is 1. The molecule has 1 aromatic rings. The molecule has 0 spiro atoms. The third kappa shape index (κ3) is 4.41. The van der Waals surface area contributed by atoms with E-state index < -0.39 is 5.97 Å². The van der Waals surface area contributed by atoms with Crippen LogP contribution in [0.5, 0.6) is 0 Å². The number of aryl methyl sites for hydroxylation is 1. The predicted octanol–water partition coefficient (Wildman–Crippen LogP) is 1.53. The second-order valence-corrected chi connectivity index (χ2v) is 4.69. The van der Waals surface area contributed by atoms with Crippen molar-refractivity contribution in [2.45, 2.75) is 26.3 Å². The van der Waals surface area contributed by atoms with Crippen LogP contribution in [0.2, 0.25) is 0 Å². The monoisotopic (exact) mass is 258 g/mol. The molecule has 0 bridgehead atoms. The maximum atomic E-state index is 11.0. The minimum absolute atomic E-state index is 0.371. The number of aromatic nitrogens is 1. The number of carbonyl (C=O) groups is 1. The molecule has 1 heterocycles. The van der Waals surface area contributed by atoms with Crippen molar-refractivity contribution in [2.24, 2.45) is 0 Å². The SMILES string of the molecule is CCCc1nc(CNCCOC)sc1C(=O)O. The summed E-state index contributed by atoms with van der Waals surface area (Å²) in [5, 5.41) is 13.0. The quantitative estimate of drug-likeness (QED) is 0.692. The maximum Gasteiger partial charge on any atom is 0.347 e. The van der Waals surface area contributed by atoms with E-state index >= 15 is 0 Å². The topological polar surface area (TPSA) is 71.5 Å². The zero-order valence-corrected chi connectivity index (χ0v) is 11.0. The molecule has 0 aliphatic carbocycles. The Bertz CT molecular complexity index is 366. The number of methoxy groups -OCH3 is 1. The number of carboxylic acid groups (broad SMARTS) is 1. The second kappa shape index (κ2) is 7.37. The van der Waals surface area contributed by atoms with Gasteiger partial charge in [-0.15, -0.1) is 11.3 Å². The lowest BCUT2D eigenvalue weighted by atomic mass is 10.2. The van der Waals surface area contributed by atoms with E-state index in [4.69, 9.17) is 9.84 Å². The van der Waals surface area contributed by atoms with Crippen molar-refractivity contribution >= 4 is 17.3 Å². The molecule has 1 aromatic heterocycles.